The number of carbonyl (C=O) groups excluding carboxylic acids is 1. The van der Waals surface area contributed by atoms with Gasteiger partial charge in [-0.25, -0.2) is 0 Å². The number of methoxy groups -OCH3 is 1. The summed E-state index contributed by atoms with van der Waals surface area (Å²) < 4.78 is 11.3. The lowest BCUT2D eigenvalue weighted by Crippen LogP contribution is -3.05. The van der Waals surface area contributed by atoms with Crippen molar-refractivity contribution < 1.29 is 24.3 Å². The van der Waals surface area contributed by atoms with Crippen molar-refractivity contribution in [3.8, 4) is 11.5 Å². The third-order valence-corrected chi connectivity index (χ3v) is 2.98. The lowest BCUT2D eigenvalue weighted by molar-refractivity contribution is -0.858. The number of quaternary nitrogens is 1. The fourth-order valence-corrected chi connectivity index (χ4v) is 2.06. The summed E-state index contributed by atoms with van der Waals surface area (Å²) in [5.41, 5.74) is -0.0107. The number of carbonyl (C=O) groups is 1. The summed E-state index contributed by atoms with van der Waals surface area (Å²) in [5.74, 6) is -0.682. The number of benzene rings is 1. The number of nitrogens with one attached hydrogen (secondary N) is 1. The number of ether oxygens (including phenoxy) is 2. The van der Waals surface area contributed by atoms with Crippen LogP contribution < -0.4 is 19.5 Å². The van der Waals surface area contributed by atoms with E-state index in [9.17, 15) is 9.90 Å². The molecule has 0 saturated carbocycles. The molecule has 5 nitrogen and oxygen atoms in total. The van der Waals surface area contributed by atoms with E-state index in [1.807, 2.05) is 14.1 Å². The number of aromatic carboxylic acids is 1. The van der Waals surface area contributed by atoms with Crippen LogP contribution in [0.5, 0.6) is 11.5 Å². The average Bonchev–Trinajstić information content (AvgIpc) is 2.34. The summed E-state index contributed by atoms with van der Waals surface area (Å²) >= 11 is 3.23. The zero-order valence-corrected chi connectivity index (χ0v) is 12.9. The van der Waals surface area contributed by atoms with Crippen molar-refractivity contribution >= 4 is 21.9 Å². The minimum absolute atomic E-state index is 0.0107. The SMILES string of the molecule is COc1cc(Br)cc(C(=O)[O-])c1OCCC[NH+](C)C. The van der Waals surface area contributed by atoms with Crippen molar-refractivity contribution in [3.63, 3.8) is 0 Å². The first-order valence-electron chi connectivity index (χ1n) is 5.96. The Morgan fingerprint density at radius 1 is 1.42 bits per heavy atom. The van der Waals surface area contributed by atoms with Crippen LogP contribution in [0.3, 0.4) is 0 Å². The van der Waals surface area contributed by atoms with Crippen LogP contribution in [0.1, 0.15) is 16.8 Å². The zero-order valence-electron chi connectivity index (χ0n) is 11.3. The van der Waals surface area contributed by atoms with E-state index in [1.54, 1.807) is 6.07 Å². The van der Waals surface area contributed by atoms with Gasteiger partial charge >= 0.3 is 0 Å². The van der Waals surface area contributed by atoms with E-state index < -0.39 is 5.97 Å². The van der Waals surface area contributed by atoms with Crippen molar-refractivity contribution in [1.82, 2.24) is 0 Å². The molecule has 106 valence electrons. The number of carboxylic acid groups (broad SMARTS) is 1. The highest BCUT2D eigenvalue weighted by Gasteiger charge is 2.13. The lowest BCUT2D eigenvalue weighted by atomic mass is 10.2. The molecule has 0 fully saturated rings. The smallest absolute Gasteiger partial charge is 0.170 e. The summed E-state index contributed by atoms with van der Waals surface area (Å²) in [7, 11) is 5.57. The van der Waals surface area contributed by atoms with Crippen LogP contribution >= 0.6 is 15.9 Å². The van der Waals surface area contributed by atoms with Gasteiger partial charge in [-0.3, -0.25) is 0 Å². The normalized spacial score (nSPS) is 10.6. The highest BCUT2D eigenvalue weighted by atomic mass is 79.9. The van der Waals surface area contributed by atoms with Crippen molar-refractivity contribution in [2.75, 3.05) is 34.4 Å². The molecule has 0 amide bonds. The molecule has 1 aromatic carbocycles. The third-order valence-electron chi connectivity index (χ3n) is 2.53. The van der Waals surface area contributed by atoms with Crippen LogP contribution in [0.25, 0.3) is 0 Å². The van der Waals surface area contributed by atoms with Gasteiger partial charge in [0.1, 0.15) is 0 Å². The van der Waals surface area contributed by atoms with Gasteiger partial charge in [0.15, 0.2) is 11.5 Å². The van der Waals surface area contributed by atoms with Gasteiger partial charge in [-0.05, 0) is 12.1 Å². The van der Waals surface area contributed by atoms with Crippen LogP contribution in [0, 0.1) is 0 Å². The molecule has 0 spiro atoms. The minimum atomic E-state index is -1.28. The summed E-state index contributed by atoms with van der Waals surface area (Å²) in [6.45, 7) is 1.38. The molecule has 0 aliphatic heterocycles. The van der Waals surface area contributed by atoms with E-state index in [0.29, 0.717) is 16.8 Å². The maximum absolute atomic E-state index is 11.1. The molecule has 0 aromatic heterocycles. The van der Waals surface area contributed by atoms with Crippen LogP contribution in [-0.2, 0) is 0 Å². The maximum atomic E-state index is 11.1. The number of carboxylic acids is 1. The maximum Gasteiger partial charge on any atom is 0.170 e. The largest absolute Gasteiger partial charge is 0.545 e. The Balaban J connectivity index is 2.87. The zero-order chi connectivity index (χ0) is 14.4. The van der Waals surface area contributed by atoms with E-state index in [4.69, 9.17) is 9.47 Å². The van der Waals surface area contributed by atoms with Crippen molar-refractivity contribution in [2.24, 2.45) is 0 Å². The van der Waals surface area contributed by atoms with Gasteiger partial charge in [-0.1, -0.05) is 15.9 Å². The fraction of sp³-hybridized carbons (Fsp3) is 0.462. The van der Waals surface area contributed by atoms with Gasteiger partial charge in [0.05, 0.1) is 40.3 Å². The van der Waals surface area contributed by atoms with Crippen LogP contribution in [-0.4, -0.2) is 40.3 Å². The molecule has 0 aliphatic carbocycles. The molecule has 0 atom stereocenters. The molecule has 0 aliphatic rings. The van der Waals surface area contributed by atoms with Crippen LogP contribution in [0.2, 0.25) is 0 Å². The van der Waals surface area contributed by atoms with Gasteiger partial charge in [0.2, 0.25) is 0 Å². The Morgan fingerprint density at radius 3 is 2.63 bits per heavy atom. The molecule has 0 saturated heterocycles. The van der Waals surface area contributed by atoms with E-state index in [0.717, 1.165) is 13.0 Å². The molecule has 1 N–H and O–H groups in total. The topological polar surface area (TPSA) is 63.0 Å². The molecule has 1 rings (SSSR count). The predicted molar refractivity (Wildman–Crippen MR) is 72.8 cm³/mol. The highest BCUT2D eigenvalue weighted by Crippen LogP contribution is 2.34. The molecule has 1 aromatic rings. The second kappa shape index (κ2) is 7.35. The Kier molecular flexibility index (Phi) is 6.11. The summed E-state index contributed by atoms with van der Waals surface area (Å²) in [5, 5.41) is 11.1. The second-order valence-electron chi connectivity index (χ2n) is 4.43. The van der Waals surface area contributed by atoms with Crippen LogP contribution in [0.4, 0.5) is 0 Å². The Bertz CT molecular complexity index is 449. The molecular weight excluding hydrogens is 314 g/mol. The molecule has 0 heterocycles. The quantitative estimate of drug-likeness (QED) is 0.699. The molecule has 0 bridgehead atoms. The summed E-state index contributed by atoms with van der Waals surface area (Å²) in [4.78, 5) is 12.4. The van der Waals surface area contributed by atoms with E-state index in [2.05, 4.69) is 15.9 Å². The van der Waals surface area contributed by atoms with Crippen LogP contribution in [0.15, 0.2) is 16.6 Å². The number of halogens is 1. The third kappa shape index (κ3) is 4.72. The summed E-state index contributed by atoms with van der Waals surface area (Å²) in [6.07, 6.45) is 0.827. The Morgan fingerprint density at radius 2 is 2.11 bits per heavy atom. The van der Waals surface area contributed by atoms with Gasteiger partial charge in [-0.2, -0.15) is 0 Å². The first kappa shape index (κ1) is 15.8. The molecule has 0 unspecified atom stereocenters. The van der Waals surface area contributed by atoms with E-state index in [1.165, 1.54) is 18.1 Å². The van der Waals surface area contributed by atoms with E-state index >= 15 is 0 Å². The number of rotatable bonds is 7. The minimum Gasteiger partial charge on any atom is -0.545 e. The monoisotopic (exact) mass is 331 g/mol. The molecular formula is C13H18BrNO4. The van der Waals surface area contributed by atoms with Crippen molar-refractivity contribution in [1.29, 1.82) is 0 Å². The number of hydrogen-bond acceptors (Lipinski definition) is 4. The first-order valence-corrected chi connectivity index (χ1v) is 6.75. The lowest BCUT2D eigenvalue weighted by Gasteiger charge is -2.16. The van der Waals surface area contributed by atoms with Gasteiger partial charge in [0, 0.05) is 16.5 Å². The first-order chi connectivity index (χ1) is 8.95. The summed E-state index contributed by atoms with van der Waals surface area (Å²) in [6, 6.07) is 3.11. The second-order valence-corrected chi connectivity index (χ2v) is 5.35. The van der Waals surface area contributed by atoms with Crippen molar-refractivity contribution in [2.45, 2.75) is 6.42 Å². The number of hydrogen-bond donors (Lipinski definition) is 1. The molecule has 0 radical (unpaired) electrons. The van der Waals surface area contributed by atoms with Gasteiger partial charge in [-0.15, -0.1) is 0 Å². The Labute approximate surface area is 121 Å². The standard InChI is InChI=1S/C13H18BrNO4/c1-15(2)5-4-6-19-12-10(13(16)17)7-9(14)8-11(12)18-3/h7-8H,4-6H2,1-3H3,(H,16,17). The van der Waals surface area contributed by atoms with Crippen molar-refractivity contribution in [3.05, 3.63) is 22.2 Å². The fourth-order valence-electron chi connectivity index (χ4n) is 1.62. The molecule has 19 heavy (non-hydrogen) atoms. The predicted octanol–water partition coefficient (Wildman–Crippen LogP) is -0.265. The molecule has 6 heteroatoms. The highest BCUT2D eigenvalue weighted by molar-refractivity contribution is 9.10. The average molecular weight is 332 g/mol. The van der Waals surface area contributed by atoms with Gasteiger partial charge < -0.3 is 24.3 Å². The van der Waals surface area contributed by atoms with Gasteiger partial charge in [0.25, 0.3) is 0 Å². The van der Waals surface area contributed by atoms with E-state index in [-0.39, 0.29) is 11.3 Å². The Hall–Kier alpha value is -1.27.